The van der Waals surface area contributed by atoms with Gasteiger partial charge >= 0.3 is 6.03 Å². The summed E-state index contributed by atoms with van der Waals surface area (Å²) in [4.78, 5) is 21.6. The normalized spacial score (nSPS) is 15.7. The van der Waals surface area contributed by atoms with Gasteiger partial charge < -0.3 is 10.2 Å². The lowest BCUT2D eigenvalue weighted by atomic mass is 10.1. The van der Waals surface area contributed by atoms with Crippen LogP contribution in [0, 0.1) is 0 Å². The molecule has 0 aromatic carbocycles. The lowest BCUT2D eigenvalue weighted by Gasteiger charge is -2.26. The van der Waals surface area contributed by atoms with Crippen LogP contribution in [0.15, 0.2) is 12.4 Å². The lowest BCUT2D eigenvalue weighted by molar-refractivity contribution is 0.186. The molecule has 0 saturated carbocycles. The second-order valence-electron chi connectivity index (χ2n) is 4.00. The molecule has 0 radical (unpaired) electrons. The second kappa shape index (κ2) is 5.82. The van der Waals surface area contributed by atoms with Crippen LogP contribution in [0.3, 0.4) is 0 Å². The van der Waals surface area contributed by atoms with Crippen molar-refractivity contribution in [1.29, 1.82) is 0 Å². The number of amides is 2. The highest BCUT2D eigenvalue weighted by Gasteiger charge is 2.16. The van der Waals surface area contributed by atoms with Crippen LogP contribution < -0.4 is 5.32 Å². The molecule has 17 heavy (non-hydrogen) atoms. The number of carbonyl (C=O) groups excluding carboxylic acids is 1. The first-order chi connectivity index (χ1) is 8.27. The number of rotatable bonds is 2. The van der Waals surface area contributed by atoms with Crippen molar-refractivity contribution in [2.45, 2.75) is 25.8 Å². The zero-order valence-electron chi connectivity index (χ0n) is 9.53. The first-order valence-corrected chi connectivity index (χ1v) is 6.13. The number of piperidine rings is 1. The summed E-state index contributed by atoms with van der Waals surface area (Å²) in [5.74, 6) is 0. The van der Waals surface area contributed by atoms with Gasteiger partial charge in [-0.2, -0.15) is 0 Å². The molecule has 2 heterocycles. The fourth-order valence-corrected chi connectivity index (χ4v) is 2.01. The zero-order chi connectivity index (χ0) is 12.1. The molecule has 1 fully saturated rings. The minimum atomic E-state index is -0.0496. The van der Waals surface area contributed by atoms with Crippen LogP contribution in [0.1, 0.15) is 25.0 Å². The first kappa shape index (κ1) is 12.1. The van der Waals surface area contributed by atoms with Crippen LogP contribution in [-0.2, 0) is 6.54 Å². The van der Waals surface area contributed by atoms with Crippen molar-refractivity contribution in [2.75, 3.05) is 13.1 Å². The third kappa shape index (κ3) is 3.30. The van der Waals surface area contributed by atoms with E-state index in [1.807, 2.05) is 4.90 Å². The van der Waals surface area contributed by atoms with E-state index in [9.17, 15) is 4.79 Å². The smallest absolute Gasteiger partial charge is 0.317 e. The molecule has 92 valence electrons. The Hall–Kier alpha value is -1.36. The topological polar surface area (TPSA) is 58.1 Å². The number of aromatic nitrogens is 2. The molecular formula is C11H15ClN4O. The minimum absolute atomic E-state index is 0.0496. The van der Waals surface area contributed by atoms with Crippen LogP contribution in [0.2, 0.25) is 5.15 Å². The van der Waals surface area contributed by atoms with Crippen LogP contribution in [0.25, 0.3) is 0 Å². The Morgan fingerprint density at radius 1 is 1.29 bits per heavy atom. The van der Waals surface area contributed by atoms with E-state index >= 15 is 0 Å². The second-order valence-corrected chi connectivity index (χ2v) is 4.36. The average Bonchev–Trinajstić information content (AvgIpc) is 2.38. The van der Waals surface area contributed by atoms with Crippen molar-refractivity contribution >= 4 is 17.6 Å². The predicted molar refractivity (Wildman–Crippen MR) is 64.7 cm³/mol. The number of likely N-dealkylation sites (tertiary alicyclic amines) is 1. The van der Waals surface area contributed by atoms with E-state index < -0.39 is 0 Å². The van der Waals surface area contributed by atoms with Crippen molar-refractivity contribution in [2.24, 2.45) is 0 Å². The summed E-state index contributed by atoms with van der Waals surface area (Å²) in [6, 6.07) is -0.0496. The van der Waals surface area contributed by atoms with Gasteiger partial charge in [-0.05, 0) is 19.3 Å². The number of halogens is 1. The van der Waals surface area contributed by atoms with E-state index in [0.29, 0.717) is 17.4 Å². The van der Waals surface area contributed by atoms with Crippen LogP contribution in [-0.4, -0.2) is 34.0 Å². The SMILES string of the molecule is O=C(NCc1nccnc1Cl)N1CCCCC1. The minimum Gasteiger partial charge on any atom is -0.332 e. The number of nitrogens with one attached hydrogen (secondary N) is 1. The molecule has 1 saturated heterocycles. The first-order valence-electron chi connectivity index (χ1n) is 5.75. The highest BCUT2D eigenvalue weighted by molar-refractivity contribution is 6.29. The molecule has 0 bridgehead atoms. The average molecular weight is 255 g/mol. The summed E-state index contributed by atoms with van der Waals surface area (Å²) in [5, 5.41) is 3.15. The van der Waals surface area contributed by atoms with Crippen LogP contribution in [0.5, 0.6) is 0 Å². The molecule has 2 amide bonds. The fraction of sp³-hybridized carbons (Fsp3) is 0.545. The van der Waals surface area contributed by atoms with Gasteiger partial charge in [0, 0.05) is 25.5 Å². The number of hydrogen-bond acceptors (Lipinski definition) is 3. The summed E-state index contributed by atoms with van der Waals surface area (Å²) >= 11 is 5.85. The molecule has 0 atom stereocenters. The molecule has 1 aromatic rings. The van der Waals surface area contributed by atoms with Gasteiger partial charge in [-0.3, -0.25) is 4.98 Å². The van der Waals surface area contributed by atoms with Gasteiger partial charge in [0.1, 0.15) is 0 Å². The summed E-state index contributed by atoms with van der Waals surface area (Å²) in [7, 11) is 0. The molecule has 1 N–H and O–H groups in total. The largest absolute Gasteiger partial charge is 0.332 e. The molecule has 1 aromatic heterocycles. The van der Waals surface area contributed by atoms with Crippen molar-refractivity contribution < 1.29 is 4.79 Å². The van der Waals surface area contributed by atoms with E-state index in [2.05, 4.69) is 15.3 Å². The quantitative estimate of drug-likeness (QED) is 0.876. The number of carbonyl (C=O) groups is 1. The van der Waals surface area contributed by atoms with E-state index in [1.54, 1.807) is 6.20 Å². The van der Waals surface area contributed by atoms with E-state index in [1.165, 1.54) is 12.6 Å². The van der Waals surface area contributed by atoms with Crippen molar-refractivity contribution in [3.05, 3.63) is 23.2 Å². The Morgan fingerprint density at radius 2 is 2.00 bits per heavy atom. The molecule has 0 unspecified atom stereocenters. The Bertz CT molecular complexity index is 393. The highest BCUT2D eigenvalue weighted by Crippen LogP contribution is 2.10. The number of nitrogens with zero attached hydrogens (tertiary/aromatic N) is 3. The molecule has 0 aliphatic carbocycles. The van der Waals surface area contributed by atoms with Gasteiger partial charge in [0.25, 0.3) is 0 Å². The van der Waals surface area contributed by atoms with Gasteiger partial charge in [0.05, 0.1) is 12.2 Å². The summed E-state index contributed by atoms with van der Waals surface area (Å²) in [5.41, 5.74) is 0.597. The summed E-state index contributed by atoms with van der Waals surface area (Å²) in [6.07, 6.45) is 6.46. The van der Waals surface area contributed by atoms with E-state index in [4.69, 9.17) is 11.6 Å². The van der Waals surface area contributed by atoms with Crippen molar-refractivity contribution in [3.8, 4) is 0 Å². The van der Waals surface area contributed by atoms with Crippen LogP contribution >= 0.6 is 11.6 Å². The molecular weight excluding hydrogens is 240 g/mol. The molecule has 1 aliphatic rings. The Kier molecular flexibility index (Phi) is 4.14. The van der Waals surface area contributed by atoms with Gasteiger partial charge in [0.15, 0.2) is 5.15 Å². The van der Waals surface area contributed by atoms with Crippen LogP contribution in [0.4, 0.5) is 4.79 Å². The van der Waals surface area contributed by atoms with E-state index in [-0.39, 0.29) is 6.03 Å². The zero-order valence-corrected chi connectivity index (χ0v) is 10.3. The monoisotopic (exact) mass is 254 g/mol. The lowest BCUT2D eigenvalue weighted by Crippen LogP contribution is -2.42. The Balaban J connectivity index is 1.85. The van der Waals surface area contributed by atoms with Gasteiger partial charge in [-0.25, -0.2) is 9.78 Å². The Labute approximate surface area is 105 Å². The van der Waals surface area contributed by atoms with E-state index in [0.717, 1.165) is 25.9 Å². The highest BCUT2D eigenvalue weighted by atomic mass is 35.5. The maximum atomic E-state index is 11.8. The van der Waals surface area contributed by atoms with Gasteiger partial charge in [-0.1, -0.05) is 11.6 Å². The molecule has 6 heteroatoms. The predicted octanol–water partition coefficient (Wildman–Crippen LogP) is 1.83. The Morgan fingerprint density at radius 3 is 2.71 bits per heavy atom. The maximum absolute atomic E-state index is 11.8. The summed E-state index contributed by atoms with van der Waals surface area (Å²) < 4.78 is 0. The summed E-state index contributed by atoms with van der Waals surface area (Å²) in [6.45, 7) is 1.99. The third-order valence-corrected chi connectivity index (χ3v) is 3.09. The van der Waals surface area contributed by atoms with Gasteiger partial charge in [-0.15, -0.1) is 0 Å². The number of urea groups is 1. The van der Waals surface area contributed by atoms with Crippen molar-refractivity contribution in [1.82, 2.24) is 20.2 Å². The number of hydrogen-bond donors (Lipinski definition) is 1. The standard InChI is InChI=1S/C11H15ClN4O/c12-10-9(13-4-5-14-10)8-15-11(17)16-6-2-1-3-7-16/h4-5H,1-3,6-8H2,(H,15,17). The van der Waals surface area contributed by atoms with Gasteiger partial charge in [0.2, 0.25) is 0 Å². The maximum Gasteiger partial charge on any atom is 0.317 e. The molecule has 2 rings (SSSR count). The van der Waals surface area contributed by atoms with Crippen molar-refractivity contribution in [3.63, 3.8) is 0 Å². The fourth-order valence-electron chi connectivity index (χ4n) is 1.84. The third-order valence-electron chi connectivity index (χ3n) is 2.77. The molecule has 1 aliphatic heterocycles. The molecule has 0 spiro atoms. The molecule has 5 nitrogen and oxygen atoms in total.